The number of Topliss-reactive ketones (excluding diaryl/α,β-unsaturated/α-hetero) is 1. The molecule has 0 spiro atoms. The molecule has 4 rings (SSSR count). The maximum Gasteiger partial charge on any atom is 0.296 e. The van der Waals surface area contributed by atoms with Gasteiger partial charge in [0.25, 0.3) is 25.9 Å². The van der Waals surface area contributed by atoms with Gasteiger partial charge in [0.15, 0.2) is 5.71 Å². The first-order valence-electron chi connectivity index (χ1n) is 10.5. The van der Waals surface area contributed by atoms with Crippen molar-refractivity contribution in [3.05, 3.63) is 86.8 Å². The number of para-hydroxylation sites is 1. The molecule has 0 aromatic heterocycles. The van der Waals surface area contributed by atoms with Crippen LogP contribution in [0.15, 0.2) is 85.8 Å². The number of carbonyl (C=O) groups excluding carboxylic acids is 1. The van der Waals surface area contributed by atoms with Gasteiger partial charge >= 0.3 is 0 Å². The highest BCUT2D eigenvalue weighted by molar-refractivity contribution is 7.91. The fraction of sp³-hybridized carbons (Fsp3) is 0. The van der Waals surface area contributed by atoms with E-state index in [0.717, 1.165) is 24.3 Å². The number of nitrogen functional groups attached to an aromatic ring is 1. The van der Waals surface area contributed by atoms with Crippen LogP contribution in [-0.4, -0.2) is 42.4 Å². The molecule has 0 bridgehead atoms. The van der Waals surface area contributed by atoms with Crippen molar-refractivity contribution in [3.63, 3.8) is 0 Å². The molecule has 3 aromatic carbocycles. The topological polar surface area (TPSA) is 244 Å². The van der Waals surface area contributed by atoms with Crippen LogP contribution in [0, 0.1) is 10.1 Å². The van der Waals surface area contributed by atoms with Crippen LogP contribution in [0.3, 0.4) is 0 Å². The van der Waals surface area contributed by atoms with E-state index in [1.807, 2.05) is 0 Å². The summed E-state index contributed by atoms with van der Waals surface area (Å²) in [5.41, 5.74) is 5.90. The van der Waals surface area contributed by atoms with E-state index in [0.29, 0.717) is 5.69 Å². The first kappa shape index (κ1) is 27.2. The number of carbonyl (C=O) groups is 1. The zero-order chi connectivity index (χ0) is 28.5. The fourth-order valence-electron chi connectivity index (χ4n) is 3.48. The number of nitro groups is 1. The Kier molecular flexibility index (Phi) is 7.07. The van der Waals surface area contributed by atoms with Gasteiger partial charge in [-0.15, -0.1) is 5.11 Å². The van der Waals surface area contributed by atoms with Crippen LogP contribution < -0.4 is 11.2 Å². The number of rotatable bonds is 7. The van der Waals surface area contributed by atoms with E-state index in [1.54, 1.807) is 30.3 Å². The minimum absolute atomic E-state index is 0.0354. The second-order valence-corrected chi connectivity index (χ2v) is 10.6. The molecule has 0 aliphatic heterocycles. The largest absolute Gasteiger partial charge is 0.396 e. The number of allylic oxidation sites excluding steroid dienone is 1. The van der Waals surface area contributed by atoms with Crippen molar-refractivity contribution in [1.29, 1.82) is 0 Å². The number of nitro benzene ring substituents is 1. The standard InChI is InChI=1S/C22H16N6O9S2/c23-19-18-12(11-17(39(35,36)37)21(22(18)29)27-24-13-4-2-1-3-5-13)10-16(38(32,33)34)20(19)26-25-14-6-8-15(9-7-14)28(30)31/h1-11,24H,23H2,(H,32,33,34)(H,35,36,37)/b26-25?,27-21+. The van der Waals surface area contributed by atoms with Gasteiger partial charge < -0.3 is 5.73 Å². The van der Waals surface area contributed by atoms with E-state index in [4.69, 9.17) is 5.73 Å². The maximum atomic E-state index is 13.4. The fourth-order valence-corrected chi connectivity index (χ4v) is 4.81. The smallest absolute Gasteiger partial charge is 0.296 e. The molecule has 39 heavy (non-hydrogen) atoms. The molecule has 1 aliphatic carbocycles. The number of nitrogens with two attached hydrogens (primary N) is 1. The van der Waals surface area contributed by atoms with Crippen molar-refractivity contribution in [3.8, 4) is 0 Å². The van der Waals surface area contributed by atoms with Gasteiger partial charge in [-0.1, -0.05) is 18.2 Å². The highest BCUT2D eigenvalue weighted by Crippen LogP contribution is 2.40. The van der Waals surface area contributed by atoms with Gasteiger partial charge in [0.1, 0.15) is 15.5 Å². The number of hydrogen-bond donors (Lipinski definition) is 4. The summed E-state index contributed by atoms with van der Waals surface area (Å²) >= 11 is 0. The lowest BCUT2D eigenvalue weighted by Gasteiger charge is -2.20. The summed E-state index contributed by atoms with van der Waals surface area (Å²) in [7, 11) is -10.1. The molecular formula is C22H16N6O9S2. The predicted molar refractivity (Wildman–Crippen MR) is 139 cm³/mol. The van der Waals surface area contributed by atoms with Crippen molar-refractivity contribution in [2.45, 2.75) is 4.90 Å². The highest BCUT2D eigenvalue weighted by Gasteiger charge is 2.37. The second-order valence-electron chi connectivity index (χ2n) is 7.80. The monoisotopic (exact) mass is 572 g/mol. The lowest BCUT2D eigenvalue weighted by molar-refractivity contribution is -0.384. The summed E-state index contributed by atoms with van der Waals surface area (Å²) in [6, 6.07) is 13.5. The molecule has 0 fully saturated rings. The maximum absolute atomic E-state index is 13.4. The average molecular weight is 573 g/mol. The minimum Gasteiger partial charge on any atom is -0.396 e. The first-order chi connectivity index (χ1) is 18.3. The van der Waals surface area contributed by atoms with Gasteiger partial charge in [0.2, 0.25) is 5.78 Å². The Morgan fingerprint density at radius 2 is 1.56 bits per heavy atom. The third kappa shape index (κ3) is 5.70. The SMILES string of the molecule is Nc1c(N=Nc2ccc([N+](=O)[O-])cc2)c(S(=O)(=O)O)cc2c1C(=O)/C(=N/Nc1ccccc1)C(S(=O)(=O)O)=C2. The normalized spacial score (nSPS) is 14.8. The Labute approximate surface area is 220 Å². The summed E-state index contributed by atoms with van der Waals surface area (Å²) in [5.74, 6) is -1.12. The van der Waals surface area contributed by atoms with Crippen LogP contribution in [0.4, 0.5) is 28.4 Å². The molecular weight excluding hydrogens is 556 g/mol. The molecule has 200 valence electrons. The number of azo groups is 1. The Morgan fingerprint density at radius 3 is 2.13 bits per heavy atom. The highest BCUT2D eigenvalue weighted by atomic mass is 32.2. The second kappa shape index (κ2) is 10.1. The van der Waals surface area contributed by atoms with Crippen LogP contribution in [0.25, 0.3) is 6.08 Å². The average Bonchev–Trinajstić information content (AvgIpc) is 2.86. The van der Waals surface area contributed by atoms with Gasteiger partial charge in [0.05, 0.1) is 27.5 Å². The van der Waals surface area contributed by atoms with E-state index in [1.165, 1.54) is 12.1 Å². The van der Waals surface area contributed by atoms with E-state index >= 15 is 0 Å². The summed E-state index contributed by atoms with van der Waals surface area (Å²) in [6.45, 7) is 0. The number of ketones is 1. The Balaban J connectivity index is 1.90. The van der Waals surface area contributed by atoms with Crippen molar-refractivity contribution in [1.82, 2.24) is 0 Å². The summed E-state index contributed by atoms with van der Waals surface area (Å²) in [5, 5.41) is 22.2. The molecule has 0 radical (unpaired) electrons. The van der Waals surface area contributed by atoms with E-state index < -0.39 is 63.4 Å². The van der Waals surface area contributed by atoms with E-state index in [2.05, 4.69) is 20.8 Å². The van der Waals surface area contributed by atoms with Crippen LogP contribution in [-0.2, 0) is 20.2 Å². The zero-order valence-corrected chi connectivity index (χ0v) is 20.9. The third-order valence-corrected chi connectivity index (χ3v) is 6.98. The number of non-ortho nitro benzene ring substituents is 1. The van der Waals surface area contributed by atoms with Gasteiger partial charge in [0, 0.05) is 12.1 Å². The van der Waals surface area contributed by atoms with Crippen molar-refractivity contribution < 1.29 is 35.7 Å². The van der Waals surface area contributed by atoms with E-state index in [9.17, 15) is 40.8 Å². The minimum atomic E-state index is -5.06. The van der Waals surface area contributed by atoms with Crippen LogP contribution in [0.2, 0.25) is 0 Å². The molecule has 0 heterocycles. The zero-order valence-electron chi connectivity index (χ0n) is 19.3. The Hall–Kier alpha value is -4.84. The van der Waals surface area contributed by atoms with Gasteiger partial charge in [-0.05, 0) is 42.0 Å². The summed E-state index contributed by atoms with van der Waals surface area (Å²) in [4.78, 5) is 21.7. The van der Waals surface area contributed by atoms with Gasteiger partial charge in [-0.2, -0.15) is 27.1 Å². The lowest BCUT2D eigenvalue weighted by atomic mass is 9.92. The molecule has 0 amide bonds. The molecule has 5 N–H and O–H groups in total. The van der Waals surface area contributed by atoms with Crippen LogP contribution in [0.1, 0.15) is 15.9 Å². The van der Waals surface area contributed by atoms with Crippen molar-refractivity contribution in [2.75, 3.05) is 11.2 Å². The number of anilines is 2. The first-order valence-corrected chi connectivity index (χ1v) is 13.4. The quantitative estimate of drug-likeness (QED) is 0.104. The van der Waals surface area contributed by atoms with E-state index in [-0.39, 0.29) is 16.9 Å². The molecule has 0 saturated heterocycles. The Morgan fingerprint density at radius 1 is 0.923 bits per heavy atom. The van der Waals surface area contributed by atoms with Crippen molar-refractivity contribution in [2.24, 2.45) is 15.3 Å². The number of fused-ring (bicyclic) bond motifs is 1. The molecule has 1 aliphatic rings. The molecule has 0 atom stereocenters. The van der Waals surface area contributed by atoms with Gasteiger partial charge in [-0.25, -0.2) is 0 Å². The predicted octanol–water partition coefficient (Wildman–Crippen LogP) is 3.73. The summed E-state index contributed by atoms with van der Waals surface area (Å²) in [6.07, 6.45) is 0.764. The van der Waals surface area contributed by atoms with Crippen molar-refractivity contribution >= 4 is 66.2 Å². The molecule has 3 aromatic rings. The Bertz CT molecular complexity index is 1820. The van der Waals surface area contributed by atoms with Gasteiger partial charge in [-0.3, -0.25) is 29.4 Å². The number of benzene rings is 3. The molecule has 0 unspecified atom stereocenters. The van der Waals surface area contributed by atoms with Crippen LogP contribution >= 0.6 is 0 Å². The number of nitrogens with zero attached hydrogens (tertiary/aromatic N) is 4. The molecule has 0 saturated carbocycles. The summed E-state index contributed by atoms with van der Waals surface area (Å²) < 4.78 is 67.9. The molecule has 15 nitrogen and oxygen atoms in total. The lowest BCUT2D eigenvalue weighted by Crippen LogP contribution is -2.28. The number of hydrazone groups is 1. The third-order valence-electron chi connectivity index (χ3n) is 5.25. The molecule has 17 heteroatoms. The number of nitrogens with one attached hydrogen (secondary N) is 1. The van der Waals surface area contributed by atoms with Crippen LogP contribution in [0.5, 0.6) is 0 Å². The number of hydrogen-bond acceptors (Lipinski definition) is 12.